The van der Waals surface area contributed by atoms with Crippen LogP contribution < -0.4 is 33.2 Å². The van der Waals surface area contributed by atoms with Crippen LogP contribution in [-0.2, 0) is 48.4 Å². The van der Waals surface area contributed by atoms with Crippen molar-refractivity contribution in [3.63, 3.8) is 0 Å². The van der Waals surface area contributed by atoms with Crippen LogP contribution in [0.25, 0.3) is 11.1 Å². The van der Waals surface area contributed by atoms with Crippen molar-refractivity contribution in [3.8, 4) is 68.6 Å². The van der Waals surface area contributed by atoms with E-state index in [1.54, 1.807) is 78.9 Å². The van der Waals surface area contributed by atoms with E-state index in [9.17, 15) is 19.5 Å². The van der Waals surface area contributed by atoms with Crippen molar-refractivity contribution in [3.05, 3.63) is 237 Å². The fraction of sp³-hybridized carbons (Fsp3) is 0.276. The standard InChI is InChI=1S/C39H40O6S.C20H23ClO3.C17H18O4/c1-4-13-31-34(18-11-19-35(31)45-36-17-10-9-16-32(36)39(40)41-3)42-21-12-22-43-37-25-38(44-26-28-14-7-6-8-15-28)33(24-29(37)5-2)30-20-23-46-27-30;1-3-17-12-18(15(2)22)20(13-19(17)23-11-7-10-21)24-14-16-8-5-4-6-9-16;1-3-7-12-14(18)9-6-11-15(12)21-16-10-5-4-8-13(16)17(19)20-2/h6-11,14-20,23-25,27H,4-5,12-13,21-22,26H2,1-3H3;4-6,8-9,12-13H,3,7,10-11,14H2,1-2H3;4-6,8-11,18H,3,7H2,1-2H3. The number of ether oxygens (including phenoxy) is 9. The van der Waals surface area contributed by atoms with E-state index < -0.39 is 11.9 Å². The van der Waals surface area contributed by atoms with Crippen molar-refractivity contribution in [2.24, 2.45) is 0 Å². The molecule has 91 heavy (non-hydrogen) atoms. The summed E-state index contributed by atoms with van der Waals surface area (Å²) in [5, 5.41) is 14.2. The molecule has 1 N–H and O–H groups in total. The van der Waals surface area contributed by atoms with Crippen molar-refractivity contribution in [1.82, 2.24) is 0 Å². The highest BCUT2D eigenvalue weighted by Crippen LogP contribution is 2.40. The number of methoxy groups -OCH3 is 2. The Morgan fingerprint density at radius 3 is 1.46 bits per heavy atom. The molecule has 0 bridgehead atoms. The minimum atomic E-state index is -0.456. The predicted octanol–water partition coefficient (Wildman–Crippen LogP) is 18.9. The van der Waals surface area contributed by atoms with Crippen LogP contribution in [-0.4, -0.2) is 62.7 Å². The van der Waals surface area contributed by atoms with Crippen LogP contribution in [0.5, 0.6) is 57.5 Å². The zero-order valence-corrected chi connectivity index (χ0v) is 54.5. The Balaban J connectivity index is 0.000000218. The number of aromatic hydroxyl groups is 1. The van der Waals surface area contributed by atoms with E-state index in [2.05, 4.69) is 48.9 Å². The molecular formula is C76H81ClO13S. The van der Waals surface area contributed by atoms with E-state index in [0.29, 0.717) is 97.2 Å². The monoisotopic (exact) mass is 1270 g/mol. The number of alkyl halides is 1. The summed E-state index contributed by atoms with van der Waals surface area (Å²) in [5.74, 6) is 5.63. The van der Waals surface area contributed by atoms with Crippen LogP contribution >= 0.6 is 22.9 Å². The lowest BCUT2D eigenvalue weighted by Gasteiger charge is -2.18. The van der Waals surface area contributed by atoms with Gasteiger partial charge in [0.25, 0.3) is 0 Å². The Bertz CT molecular complexity index is 3720. The van der Waals surface area contributed by atoms with Crippen LogP contribution in [0.3, 0.4) is 0 Å². The Hall–Kier alpha value is -9.24. The molecule has 0 amide bonds. The molecule has 13 nitrogen and oxygen atoms in total. The number of thiophene rings is 1. The van der Waals surface area contributed by atoms with Gasteiger partial charge in [-0.1, -0.05) is 138 Å². The molecule has 15 heteroatoms. The van der Waals surface area contributed by atoms with Crippen LogP contribution in [0.15, 0.2) is 187 Å². The maximum atomic E-state index is 12.3. The average Bonchev–Trinajstić information content (AvgIpc) is 1.94. The van der Waals surface area contributed by atoms with Crippen LogP contribution in [0.2, 0.25) is 0 Å². The summed E-state index contributed by atoms with van der Waals surface area (Å²) in [5.41, 5.74) is 9.53. The Labute approximate surface area is 544 Å². The molecular weight excluding hydrogens is 1190 g/mol. The van der Waals surface area contributed by atoms with Crippen molar-refractivity contribution < 1.29 is 62.1 Å². The summed E-state index contributed by atoms with van der Waals surface area (Å²) in [6.07, 6.45) is 6.36. The first-order valence-corrected chi connectivity index (χ1v) is 32.2. The number of ketones is 1. The van der Waals surface area contributed by atoms with Crippen molar-refractivity contribution >= 4 is 40.7 Å². The lowest BCUT2D eigenvalue weighted by atomic mass is 10.0. The first-order valence-electron chi connectivity index (χ1n) is 30.7. The van der Waals surface area contributed by atoms with Crippen molar-refractivity contribution in [2.75, 3.05) is 39.9 Å². The van der Waals surface area contributed by atoms with E-state index in [0.717, 1.165) is 106 Å². The molecule has 9 rings (SSSR count). The van der Waals surface area contributed by atoms with Crippen LogP contribution in [0.1, 0.15) is 125 Å². The van der Waals surface area contributed by atoms with Crippen LogP contribution in [0.4, 0.5) is 0 Å². The van der Waals surface area contributed by atoms with Gasteiger partial charge in [0.1, 0.15) is 81.8 Å². The maximum Gasteiger partial charge on any atom is 0.341 e. The first-order chi connectivity index (χ1) is 44.4. The fourth-order valence-corrected chi connectivity index (χ4v) is 10.4. The largest absolute Gasteiger partial charge is 0.508 e. The summed E-state index contributed by atoms with van der Waals surface area (Å²) in [4.78, 5) is 36.0. The molecule has 0 saturated heterocycles. The van der Waals surface area contributed by atoms with Gasteiger partial charge < -0.3 is 47.7 Å². The number of esters is 2. The molecule has 0 fully saturated rings. The second kappa shape index (κ2) is 37.0. The fourth-order valence-electron chi connectivity index (χ4n) is 9.65. The number of benzene rings is 8. The number of para-hydroxylation sites is 2. The summed E-state index contributed by atoms with van der Waals surface area (Å²) in [6.45, 7) is 12.3. The highest BCUT2D eigenvalue weighted by molar-refractivity contribution is 7.08. The van der Waals surface area contributed by atoms with Gasteiger partial charge in [0.2, 0.25) is 0 Å². The van der Waals surface area contributed by atoms with Gasteiger partial charge in [-0.2, -0.15) is 11.3 Å². The van der Waals surface area contributed by atoms with Gasteiger partial charge in [-0.05, 0) is 144 Å². The van der Waals surface area contributed by atoms with E-state index in [1.165, 1.54) is 14.2 Å². The predicted molar refractivity (Wildman–Crippen MR) is 361 cm³/mol. The first kappa shape index (κ1) is 69.2. The summed E-state index contributed by atoms with van der Waals surface area (Å²) < 4.78 is 52.4. The lowest BCUT2D eigenvalue weighted by Crippen LogP contribution is -2.08. The van der Waals surface area contributed by atoms with Crippen molar-refractivity contribution in [1.29, 1.82) is 0 Å². The number of carbonyl (C=O) groups excluding carboxylic acids is 3. The van der Waals surface area contributed by atoms with Gasteiger partial charge >= 0.3 is 11.9 Å². The molecule has 8 aromatic carbocycles. The molecule has 1 aromatic heterocycles. The molecule has 0 aliphatic carbocycles. The van der Waals surface area contributed by atoms with Crippen LogP contribution in [0, 0.1) is 0 Å². The SMILES string of the molecule is CCCc1c(O)cccc1Oc1ccccc1C(=O)OC.CCCc1c(OCCCOc2cc(OCc3ccccc3)c(-c3ccsc3)cc2CC)cccc1Oc1ccccc1C(=O)OC.CCc1cc(C(C)=O)c(OCc2ccccc2)cc1OCCCCl. The van der Waals surface area contributed by atoms with E-state index in [4.69, 9.17) is 54.2 Å². The molecule has 0 atom stereocenters. The lowest BCUT2D eigenvalue weighted by molar-refractivity contribution is 0.0588. The average molecular weight is 1270 g/mol. The minimum absolute atomic E-state index is 0.0138. The number of hydrogen-bond acceptors (Lipinski definition) is 14. The number of aryl methyl sites for hydroxylation is 2. The van der Waals surface area contributed by atoms with E-state index >= 15 is 0 Å². The second-order valence-corrected chi connectivity index (χ2v) is 22.0. The third kappa shape index (κ3) is 20.4. The molecule has 0 radical (unpaired) electrons. The normalized spacial score (nSPS) is 10.5. The van der Waals surface area contributed by atoms with Gasteiger partial charge in [-0.15, -0.1) is 11.6 Å². The molecule has 0 saturated carbocycles. The van der Waals surface area contributed by atoms with Gasteiger partial charge in [0.15, 0.2) is 5.78 Å². The van der Waals surface area contributed by atoms with Gasteiger partial charge in [-0.3, -0.25) is 4.79 Å². The number of phenolic OH excluding ortho intramolecular Hbond substituents is 1. The number of rotatable bonds is 30. The Morgan fingerprint density at radius 1 is 0.462 bits per heavy atom. The second-order valence-electron chi connectivity index (χ2n) is 20.8. The zero-order chi connectivity index (χ0) is 64.7. The highest BCUT2D eigenvalue weighted by atomic mass is 35.5. The molecule has 0 spiro atoms. The number of Topliss-reactive ketones (excluding diaryl/α,β-unsaturated/α-hetero) is 1. The van der Waals surface area contributed by atoms with E-state index in [-0.39, 0.29) is 11.5 Å². The van der Waals surface area contributed by atoms with Gasteiger partial charge in [0.05, 0.1) is 39.6 Å². The Kier molecular flexibility index (Phi) is 28.2. The third-order valence-corrected chi connectivity index (χ3v) is 15.3. The number of carbonyl (C=O) groups is 3. The number of hydrogen-bond donors (Lipinski definition) is 1. The molecule has 0 aliphatic rings. The quantitative estimate of drug-likeness (QED) is 0.0197. The molecule has 476 valence electrons. The minimum Gasteiger partial charge on any atom is -0.508 e. The summed E-state index contributed by atoms with van der Waals surface area (Å²) in [6, 6.07) is 54.9. The highest BCUT2D eigenvalue weighted by Gasteiger charge is 2.20. The molecule has 1 heterocycles. The van der Waals surface area contributed by atoms with Crippen molar-refractivity contribution in [2.45, 2.75) is 99.2 Å². The number of phenols is 1. The zero-order valence-electron chi connectivity index (χ0n) is 52.9. The van der Waals surface area contributed by atoms with Gasteiger partial charge in [0, 0.05) is 41.1 Å². The smallest absolute Gasteiger partial charge is 0.341 e. The summed E-state index contributed by atoms with van der Waals surface area (Å²) in [7, 11) is 2.69. The topological polar surface area (TPSA) is 155 Å². The molecule has 9 aromatic rings. The van der Waals surface area contributed by atoms with Gasteiger partial charge in [-0.25, -0.2) is 9.59 Å². The third-order valence-electron chi connectivity index (χ3n) is 14.3. The maximum absolute atomic E-state index is 12.3. The Morgan fingerprint density at radius 2 is 0.934 bits per heavy atom. The number of halogens is 1. The molecule has 0 unspecified atom stereocenters. The summed E-state index contributed by atoms with van der Waals surface area (Å²) >= 11 is 7.38. The van der Waals surface area contributed by atoms with E-state index in [1.807, 2.05) is 105 Å². The molecule has 0 aliphatic heterocycles.